The van der Waals surface area contributed by atoms with Crippen LogP contribution >= 0.6 is 0 Å². The predicted molar refractivity (Wildman–Crippen MR) is 118 cm³/mol. The standard InChI is InChI=1S/C23H24N2O6/c1-25(18-14-23(28)31-19-8-5-4-7-16(18)19)15-11-12-20(29-2)17(13-15)24-21(26)9-6-10-22(27)30-3/h4-5,7-8,11-14H,6,9-10H2,1-3H3,(H,24,26). The summed E-state index contributed by atoms with van der Waals surface area (Å²) in [4.78, 5) is 37.4. The van der Waals surface area contributed by atoms with Crippen molar-refractivity contribution < 1.29 is 23.5 Å². The first-order valence-corrected chi connectivity index (χ1v) is 9.74. The Balaban J connectivity index is 1.86. The highest BCUT2D eigenvalue weighted by Gasteiger charge is 2.15. The number of carbonyl (C=O) groups excluding carboxylic acids is 2. The second-order valence-electron chi connectivity index (χ2n) is 6.87. The molecule has 1 amide bonds. The van der Waals surface area contributed by atoms with E-state index in [1.165, 1.54) is 20.3 Å². The molecule has 0 bridgehead atoms. The Hall–Kier alpha value is -3.81. The number of nitrogens with one attached hydrogen (secondary N) is 1. The van der Waals surface area contributed by atoms with E-state index in [0.29, 0.717) is 29.1 Å². The molecule has 0 aliphatic carbocycles. The lowest BCUT2D eigenvalue weighted by Crippen LogP contribution is -2.15. The highest BCUT2D eigenvalue weighted by molar-refractivity contribution is 5.95. The summed E-state index contributed by atoms with van der Waals surface area (Å²) in [6, 6.07) is 14.0. The number of nitrogens with zero attached hydrogens (tertiary/aromatic N) is 1. The molecule has 0 saturated carbocycles. The Morgan fingerprint density at radius 3 is 2.58 bits per heavy atom. The van der Waals surface area contributed by atoms with Gasteiger partial charge in [-0.1, -0.05) is 12.1 Å². The van der Waals surface area contributed by atoms with Gasteiger partial charge in [0.1, 0.15) is 11.3 Å². The number of anilines is 3. The molecular weight excluding hydrogens is 400 g/mol. The van der Waals surface area contributed by atoms with Crippen molar-refractivity contribution in [2.45, 2.75) is 19.3 Å². The van der Waals surface area contributed by atoms with Gasteiger partial charge in [0.05, 0.1) is 25.6 Å². The van der Waals surface area contributed by atoms with E-state index >= 15 is 0 Å². The zero-order valence-electron chi connectivity index (χ0n) is 17.6. The number of ether oxygens (including phenoxy) is 2. The highest BCUT2D eigenvalue weighted by atomic mass is 16.5. The highest BCUT2D eigenvalue weighted by Crippen LogP contribution is 2.34. The summed E-state index contributed by atoms with van der Waals surface area (Å²) < 4.78 is 15.2. The molecule has 0 spiro atoms. The molecule has 0 aliphatic heterocycles. The van der Waals surface area contributed by atoms with Gasteiger partial charge in [0.15, 0.2) is 0 Å². The molecule has 8 nitrogen and oxygen atoms in total. The van der Waals surface area contributed by atoms with E-state index in [-0.39, 0.29) is 24.7 Å². The van der Waals surface area contributed by atoms with Crippen LogP contribution in [0.2, 0.25) is 0 Å². The Morgan fingerprint density at radius 1 is 1.06 bits per heavy atom. The minimum Gasteiger partial charge on any atom is -0.495 e. The Bertz CT molecular complexity index is 1150. The van der Waals surface area contributed by atoms with Crippen molar-refractivity contribution in [1.29, 1.82) is 0 Å². The molecule has 3 rings (SSSR count). The van der Waals surface area contributed by atoms with Crippen molar-refractivity contribution in [2.75, 3.05) is 31.5 Å². The van der Waals surface area contributed by atoms with Crippen molar-refractivity contribution in [1.82, 2.24) is 0 Å². The first kappa shape index (κ1) is 21.9. The first-order chi connectivity index (χ1) is 14.9. The smallest absolute Gasteiger partial charge is 0.338 e. The van der Waals surface area contributed by atoms with E-state index in [2.05, 4.69) is 10.1 Å². The third-order valence-electron chi connectivity index (χ3n) is 4.85. The van der Waals surface area contributed by atoms with E-state index in [0.717, 1.165) is 11.1 Å². The molecule has 0 radical (unpaired) electrons. The number of hydrogen-bond acceptors (Lipinski definition) is 7. The number of hydrogen-bond donors (Lipinski definition) is 1. The van der Waals surface area contributed by atoms with Crippen LogP contribution in [-0.2, 0) is 14.3 Å². The second-order valence-corrected chi connectivity index (χ2v) is 6.87. The van der Waals surface area contributed by atoms with Gasteiger partial charge in [-0.3, -0.25) is 9.59 Å². The predicted octanol–water partition coefficient (Wildman–Crippen LogP) is 3.85. The van der Waals surface area contributed by atoms with E-state index in [4.69, 9.17) is 9.15 Å². The van der Waals surface area contributed by atoms with Gasteiger partial charge < -0.3 is 24.1 Å². The monoisotopic (exact) mass is 424 g/mol. The van der Waals surface area contributed by atoms with Crippen LogP contribution < -0.4 is 20.6 Å². The van der Waals surface area contributed by atoms with Crippen LogP contribution in [0, 0.1) is 0 Å². The fourth-order valence-electron chi connectivity index (χ4n) is 3.22. The van der Waals surface area contributed by atoms with Gasteiger partial charge in [-0.25, -0.2) is 4.79 Å². The maximum absolute atomic E-state index is 12.3. The third kappa shape index (κ3) is 5.22. The normalized spacial score (nSPS) is 10.5. The van der Waals surface area contributed by atoms with Crippen LogP contribution in [0.15, 0.2) is 57.7 Å². The number of rotatable bonds is 8. The van der Waals surface area contributed by atoms with Gasteiger partial charge in [-0.15, -0.1) is 0 Å². The molecule has 3 aromatic rings. The van der Waals surface area contributed by atoms with E-state index in [1.807, 2.05) is 30.1 Å². The lowest BCUT2D eigenvalue weighted by atomic mass is 10.1. The largest absolute Gasteiger partial charge is 0.495 e. The summed E-state index contributed by atoms with van der Waals surface area (Å²) in [5.74, 6) is -0.0997. The summed E-state index contributed by atoms with van der Waals surface area (Å²) >= 11 is 0. The SMILES string of the molecule is COC(=O)CCCC(=O)Nc1cc(N(C)c2cc(=O)oc3ccccc23)ccc1OC. The number of para-hydroxylation sites is 1. The maximum Gasteiger partial charge on any atom is 0.338 e. The first-order valence-electron chi connectivity index (χ1n) is 9.74. The van der Waals surface area contributed by atoms with Crippen LogP contribution in [0.25, 0.3) is 11.0 Å². The number of methoxy groups -OCH3 is 2. The molecule has 0 fully saturated rings. The molecule has 0 unspecified atom stereocenters. The summed E-state index contributed by atoms with van der Waals surface area (Å²) in [6.07, 6.45) is 0.725. The summed E-state index contributed by atoms with van der Waals surface area (Å²) in [5.41, 5.74) is 1.94. The Kier molecular flexibility index (Phi) is 6.92. The quantitative estimate of drug-likeness (QED) is 0.433. The van der Waals surface area contributed by atoms with Gasteiger partial charge in [0.2, 0.25) is 5.91 Å². The van der Waals surface area contributed by atoms with Gasteiger partial charge in [0.25, 0.3) is 0 Å². The average molecular weight is 424 g/mol. The molecule has 0 aliphatic rings. The molecule has 8 heteroatoms. The van der Waals surface area contributed by atoms with Crippen molar-refractivity contribution in [3.63, 3.8) is 0 Å². The van der Waals surface area contributed by atoms with Gasteiger partial charge in [-0.05, 0) is 36.8 Å². The fourth-order valence-corrected chi connectivity index (χ4v) is 3.22. The molecule has 0 saturated heterocycles. The van der Waals surface area contributed by atoms with Crippen LogP contribution in [0.5, 0.6) is 5.75 Å². The summed E-state index contributed by atoms with van der Waals surface area (Å²) in [6.45, 7) is 0. The van der Waals surface area contributed by atoms with Crippen molar-refractivity contribution in [2.24, 2.45) is 0 Å². The van der Waals surface area contributed by atoms with Crippen LogP contribution in [0.3, 0.4) is 0 Å². The molecule has 0 atom stereocenters. The molecule has 162 valence electrons. The number of benzene rings is 2. The minimum atomic E-state index is -0.451. The minimum absolute atomic E-state index is 0.169. The number of esters is 1. The van der Waals surface area contributed by atoms with Crippen LogP contribution in [0.4, 0.5) is 17.1 Å². The topological polar surface area (TPSA) is 98.1 Å². The maximum atomic E-state index is 12.3. The summed E-state index contributed by atoms with van der Waals surface area (Å²) in [7, 11) is 4.65. The molecule has 1 N–H and O–H groups in total. The van der Waals surface area contributed by atoms with Gasteiger partial charge in [-0.2, -0.15) is 0 Å². The zero-order chi connectivity index (χ0) is 22.4. The molecular formula is C23H24N2O6. The van der Waals surface area contributed by atoms with Crippen molar-refractivity contribution >= 4 is 39.9 Å². The number of amides is 1. The van der Waals surface area contributed by atoms with Crippen molar-refractivity contribution in [3.8, 4) is 5.75 Å². The number of carbonyl (C=O) groups is 2. The van der Waals surface area contributed by atoms with Crippen molar-refractivity contribution in [3.05, 3.63) is 59.0 Å². The van der Waals surface area contributed by atoms with E-state index in [1.54, 1.807) is 24.3 Å². The summed E-state index contributed by atoms with van der Waals surface area (Å²) in [5, 5.41) is 3.61. The lowest BCUT2D eigenvalue weighted by molar-refractivity contribution is -0.140. The van der Waals surface area contributed by atoms with Crippen LogP contribution in [-0.4, -0.2) is 33.1 Å². The van der Waals surface area contributed by atoms with Gasteiger partial charge in [0, 0.05) is 37.0 Å². The zero-order valence-corrected chi connectivity index (χ0v) is 17.6. The van der Waals surface area contributed by atoms with E-state index < -0.39 is 5.63 Å². The van der Waals surface area contributed by atoms with Crippen LogP contribution in [0.1, 0.15) is 19.3 Å². The molecule has 2 aromatic carbocycles. The third-order valence-corrected chi connectivity index (χ3v) is 4.85. The van der Waals surface area contributed by atoms with Gasteiger partial charge >= 0.3 is 11.6 Å². The van der Waals surface area contributed by atoms with E-state index in [9.17, 15) is 14.4 Å². The molecule has 1 aromatic heterocycles. The Morgan fingerprint density at radius 2 is 1.84 bits per heavy atom. The Labute approximate surface area is 179 Å². The lowest BCUT2D eigenvalue weighted by Gasteiger charge is -2.22. The average Bonchev–Trinajstić information content (AvgIpc) is 2.77. The number of fused-ring (bicyclic) bond motifs is 1. The fraction of sp³-hybridized carbons (Fsp3) is 0.261. The molecule has 31 heavy (non-hydrogen) atoms. The second kappa shape index (κ2) is 9.80. The molecule has 1 heterocycles.